The van der Waals surface area contributed by atoms with Crippen molar-refractivity contribution in [3.63, 3.8) is 0 Å². The summed E-state index contributed by atoms with van der Waals surface area (Å²) in [6, 6.07) is 10.2. The number of alkyl halides is 3. The lowest BCUT2D eigenvalue weighted by Gasteiger charge is -2.39. The van der Waals surface area contributed by atoms with Gasteiger partial charge in [0, 0.05) is 31.7 Å². The van der Waals surface area contributed by atoms with Crippen molar-refractivity contribution < 1.29 is 37.0 Å². The molecule has 0 radical (unpaired) electrons. The van der Waals surface area contributed by atoms with Gasteiger partial charge in [-0.2, -0.15) is 13.2 Å². The quantitative estimate of drug-likeness (QED) is 0.546. The van der Waals surface area contributed by atoms with Crippen LogP contribution in [-0.4, -0.2) is 65.7 Å². The summed E-state index contributed by atoms with van der Waals surface area (Å²) in [5, 5.41) is 7.12. The molecule has 1 aromatic heterocycles. The molecule has 0 bridgehead atoms. The van der Waals surface area contributed by atoms with Gasteiger partial charge in [0.05, 0.1) is 18.4 Å². The van der Waals surface area contributed by atoms with Crippen LogP contribution in [0.15, 0.2) is 41.0 Å². The highest BCUT2D eigenvalue weighted by molar-refractivity contribution is 5.95. The number of carboxylic acid groups (broad SMARTS) is 1. The van der Waals surface area contributed by atoms with Gasteiger partial charge in [0.2, 0.25) is 0 Å². The topological polar surface area (TPSA) is 83.2 Å². The summed E-state index contributed by atoms with van der Waals surface area (Å²) in [7, 11) is 0. The molecule has 2 saturated heterocycles. The van der Waals surface area contributed by atoms with Gasteiger partial charge in [0.25, 0.3) is 5.91 Å². The molecule has 204 valence electrons. The third-order valence-electron chi connectivity index (χ3n) is 6.90. The minimum absolute atomic E-state index is 0.113. The second kappa shape index (κ2) is 12.0. The zero-order chi connectivity index (χ0) is 27.2. The first-order valence-corrected chi connectivity index (χ1v) is 12.5. The summed E-state index contributed by atoms with van der Waals surface area (Å²) >= 11 is 0. The largest absolute Gasteiger partial charge is 0.493 e. The van der Waals surface area contributed by atoms with E-state index in [1.165, 1.54) is 12.0 Å². The fraction of sp³-hybridized carbons (Fsp3) is 0.556. The highest BCUT2D eigenvalue weighted by Crippen LogP contribution is 2.41. The second-order valence-corrected chi connectivity index (χ2v) is 10.3. The monoisotopic (exact) mass is 524 g/mol. The van der Waals surface area contributed by atoms with Crippen molar-refractivity contribution >= 4 is 11.9 Å². The molecule has 0 atom stereocenters. The number of aryl methyl sites for hydroxylation is 1. The number of hydrogen-bond donors (Lipinski definition) is 1. The Balaban J connectivity index is 0.000000479. The summed E-state index contributed by atoms with van der Waals surface area (Å²) in [6.45, 7) is 11.8. The van der Waals surface area contributed by atoms with Gasteiger partial charge in [-0.3, -0.25) is 9.69 Å². The molecule has 1 spiro atoms. The predicted octanol–water partition coefficient (Wildman–Crippen LogP) is 5.38. The molecule has 0 saturated carbocycles. The number of carbonyl (C=O) groups excluding carboxylic acids is 1. The number of carboxylic acids is 1. The first-order chi connectivity index (χ1) is 17.4. The molecule has 1 N–H and O–H groups in total. The number of rotatable bonds is 6. The molecule has 2 fully saturated rings. The SMILES string of the molecule is Cc1occc1C(=O)N1CCC2(CCN(Cc3ccccc3OCC(C)C)C2)CC1.O=C(O)C(F)(F)F. The fourth-order valence-corrected chi connectivity index (χ4v) is 4.80. The van der Waals surface area contributed by atoms with Crippen molar-refractivity contribution in [3.8, 4) is 5.75 Å². The van der Waals surface area contributed by atoms with Crippen molar-refractivity contribution in [2.24, 2.45) is 11.3 Å². The normalized spacial score (nSPS) is 17.5. The van der Waals surface area contributed by atoms with E-state index in [-0.39, 0.29) is 5.91 Å². The van der Waals surface area contributed by atoms with Crippen LogP contribution in [0.4, 0.5) is 13.2 Å². The minimum atomic E-state index is -5.08. The molecule has 0 aliphatic carbocycles. The van der Waals surface area contributed by atoms with Crippen LogP contribution in [0, 0.1) is 18.3 Å². The van der Waals surface area contributed by atoms with E-state index in [1.807, 2.05) is 11.8 Å². The lowest BCUT2D eigenvalue weighted by Crippen LogP contribution is -2.44. The number of nitrogens with zero attached hydrogens (tertiary/aromatic N) is 2. The van der Waals surface area contributed by atoms with Gasteiger partial charge < -0.3 is 19.2 Å². The number of para-hydroxylation sites is 1. The van der Waals surface area contributed by atoms with Crippen LogP contribution in [0.3, 0.4) is 0 Å². The van der Waals surface area contributed by atoms with Crippen LogP contribution in [0.2, 0.25) is 0 Å². The number of hydrogen-bond acceptors (Lipinski definition) is 5. The van der Waals surface area contributed by atoms with Gasteiger partial charge in [-0.05, 0) is 56.2 Å². The molecular formula is C27H35F3N2O5. The smallest absolute Gasteiger partial charge is 0.490 e. The van der Waals surface area contributed by atoms with E-state index in [0.29, 0.717) is 22.7 Å². The maximum atomic E-state index is 12.8. The average Bonchev–Trinajstić information content (AvgIpc) is 3.44. The number of furan rings is 1. The van der Waals surface area contributed by atoms with E-state index in [2.05, 4.69) is 43.0 Å². The Morgan fingerprint density at radius 3 is 2.30 bits per heavy atom. The molecule has 1 amide bonds. The highest BCUT2D eigenvalue weighted by atomic mass is 19.4. The van der Waals surface area contributed by atoms with Crippen molar-refractivity contribution in [3.05, 3.63) is 53.5 Å². The Labute approximate surface area is 215 Å². The van der Waals surface area contributed by atoms with Crippen LogP contribution in [0.1, 0.15) is 54.8 Å². The Morgan fingerprint density at radius 2 is 1.73 bits per heavy atom. The van der Waals surface area contributed by atoms with E-state index in [1.54, 1.807) is 12.3 Å². The molecule has 2 aliphatic rings. The van der Waals surface area contributed by atoms with E-state index < -0.39 is 12.1 Å². The maximum Gasteiger partial charge on any atom is 0.490 e. The molecule has 2 aromatic rings. The number of likely N-dealkylation sites (tertiary alicyclic amines) is 2. The molecule has 7 nitrogen and oxygen atoms in total. The maximum absolute atomic E-state index is 12.8. The number of piperidine rings is 1. The van der Waals surface area contributed by atoms with E-state index in [9.17, 15) is 18.0 Å². The molecular weight excluding hydrogens is 489 g/mol. The van der Waals surface area contributed by atoms with Gasteiger partial charge in [0.15, 0.2) is 0 Å². The molecule has 0 unspecified atom stereocenters. The van der Waals surface area contributed by atoms with Crippen LogP contribution < -0.4 is 4.74 Å². The first kappa shape index (κ1) is 28.6. The predicted molar refractivity (Wildman–Crippen MR) is 131 cm³/mol. The zero-order valence-electron chi connectivity index (χ0n) is 21.5. The average molecular weight is 525 g/mol. The second-order valence-electron chi connectivity index (χ2n) is 10.3. The molecule has 2 aliphatic heterocycles. The van der Waals surface area contributed by atoms with Crippen LogP contribution >= 0.6 is 0 Å². The van der Waals surface area contributed by atoms with E-state index in [0.717, 1.165) is 57.9 Å². The van der Waals surface area contributed by atoms with Crippen molar-refractivity contribution in [2.75, 3.05) is 32.8 Å². The number of carbonyl (C=O) groups is 2. The van der Waals surface area contributed by atoms with Crippen molar-refractivity contribution in [2.45, 2.75) is 52.8 Å². The molecule has 37 heavy (non-hydrogen) atoms. The number of ether oxygens (including phenoxy) is 1. The third-order valence-corrected chi connectivity index (χ3v) is 6.90. The van der Waals surface area contributed by atoms with Crippen molar-refractivity contribution in [1.82, 2.24) is 9.80 Å². The van der Waals surface area contributed by atoms with Crippen LogP contribution in [-0.2, 0) is 11.3 Å². The molecule has 4 rings (SSSR count). The van der Waals surface area contributed by atoms with Gasteiger partial charge in [-0.1, -0.05) is 32.0 Å². The Bertz CT molecular complexity index is 1060. The van der Waals surface area contributed by atoms with Crippen molar-refractivity contribution in [1.29, 1.82) is 0 Å². The zero-order valence-corrected chi connectivity index (χ0v) is 21.5. The standard InChI is InChI=1S/C25H34N2O3.C2HF3O2/c1-19(2)17-30-23-7-5-4-6-21(23)16-26-12-9-25(18-26)10-13-27(14-11-25)24(28)22-8-15-29-20(22)3;3-2(4,5)1(6)7/h4-8,15,19H,9-14,16-18H2,1-3H3;(H,6,7). The fourth-order valence-electron chi connectivity index (χ4n) is 4.80. The summed E-state index contributed by atoms with van der Waals surface area (Å²) in [5.74, 6) is -0.393. The lowest BCUT2D eigenvalue weighted by molar-refractivity contribution is -0.192. The number of halogens is 3. The lowest BCUT2D eigenvalue weighted by atomic mass is 9.77. The summed E-state index contributed by atoms with van der Waals surface area (Å²) in [5.41, 5.74) is 2.32. The van der Waals surface area contributed by atoms with E-state index in [4.69, 9.17) is 19.1 Å². The highest BCUT2D eigenvalue weighted by Gasteiger charge is 2.41. The number of benzene rings is 1. The van der Waals surface area contributed by atoms with Crippen LogP contribution in [0.25, 0.3) is 0 Å². The summed E-state index contributed by atoms with van der Waals surface area (Å²) < 4.78 is 43.1. The minimum Gasteiger partial charge on any atom is -0.493 e. The molecule has 10 heteroatoms. The molecule has 1 aromatic carbocycles. The number of amides is 1. The van der Waals surface area contributed by atoms with E-state index >= 15 is 0 Å². The van der Waals surface area contributed by atoms with Gasteiger partial charge in [-0.15, -0.1) is 0 Å². The molecule has 3 heterocycles. The van der Waals surface area contributed by atoms with Gasteiger partial charge in [0.1, 0.15) is 11.5 Å². The third kappa shape index (κ3) is 7.74. The summed E-state index contributed by atoms with van der Waals surface area (Å²) in [4.78, 5) is 26.2. The van der Waals surface area contributed by atoms with Gasteiger partial charge in [-0.25, -0.2) is 4.79 Å². The Hall–Kier alpha value is -3.01. The number of aliphatic carboxylic acids is 1. The Morgan fingerprint density at radius 1 is 1.11 bits per heavy atom. The summed E-state index contributed by atoms with van der Waals surface area (Å²) in [6.07, 6.45) is -0.102. The Kier molecular flexibility index (Phi) is 9.28. The van der Waals surface area contributed by atoms with Gasteiger partial charge >= 0.3 is 12.1 Å². The van der Waals surface area contributed by atoms with Crippen LogP contribution in [0.5, 0.6) is 5.75 Å². The first-order valence-electron chi connectivity index (χ1n) is 12.5.